The van der Waals surface area contributed by atoms with E-state index in [-0.39, 0.29) is 29.8 Å². The van der Waals surface area contributed by atoms with Crippen molar-refractivity contribution in [2.24, 2.45) is 23.5 Å². The SMILES string of the molecule is N#Cc1ccc(C(=O)N2CC(Cn3c(-c4cc5cccnc5n4CC4CC4)nc4cc(C(=O)N5C[C@H]6CC[C@@H]5[C@@H]6N)cc(Cl)c43)C2)cc1. The molecule has 2 amide bonds. The number of piperidine rings is 1. The number of imidazole rings is 1. The number of nitrogens with two attached hydrogens (primary N) is 1. The molecule has 2 aromatic carbocycles. The molecular weight excluding hydrogens is 624 g/mol. The van der Waals surface area contributed by atoms with Crippen molar-refractivity contribution in [3.8, 4) is 17.6 Å². The number of nitriles is 1. The van der Waals surface area contributed by atoms with E-state index in [1.54, 1.807) is 30.3 Å². The van der Waals surface area contributed by atoms with Gasteiger partial charge in [0.2, 0.25) is 0 Å². The van der Waals surface area contributed by atoms with Gasteiger partial charge in [-0.1, -0.05) is 11.6 Å². The van der Waals surface area contributed by atoms with E-state index < -0.39 is 0 Å². The molecule has 5 heterocycles. The number of aromatic nitrogens is 4. The molecule has 2 N–H and O–H groups in total. The molecular formula is C37H35ClN8O2. The molecule has 3 aromatic heterocycles. The molecule has 0 unspecified atom stereocenters. The number of carbonyl (C=O) groups is 2. The highest BCUT2D eigenvalue weighted by molar-refractivity contribution is 6.35. The Hall–Kier alpha value is -4.72. The van der Waals surface area contributed by atoms with Gasteiger partial charge in [0.25, 0.3) is 11.8 Å². The third-order valence-corrected chi connectivity index (χ3v) is 11.2. The van der Waals surface area contributed by atoms with Gasteiger partial charge in [-0.25, -0.2) is 9.97 Å². The van der Waals surface area contributed by atoms with Crippen LogP contribution in [0.5, 0.6) is 0 Å². The van der Waals surface area contributed by atoms with Gasteiger partial charge in [-0.3, -0.25) is 9.59 Å². The molecule has 2 aliphatic carbocycles. The molecule has 0 spiro atoms. The molecule has 2 bridgehead atoms. The van der Waals surface area contributed by atoms with Crippen LogP contribution in [0.4, 0.5) is 0 Å². The van der Waals surface area contributed by atoms with Crippen LogP contribution in [0.1, 0.15) is 52.0 Å². The first-order valence-corrected chi connectivity index (χ1v) is 17.2. The van der Waals surface area contributed by atoms with Crippen molar-refractivity contribution in [3.05, 3.63) is 82.5 Å². The maximum absolute atomic E-state index is 13.8. The predicted molar refractivity (Wildman–Crippen MR) is 182 cm³/mol. The lowest BCUT2D eigenvalue weighted by Gasteiger charge is -2.39. The van der Waals surface area contributed by atoms with Crippen molar-refractivity contribution < 1.29 is 9.59 Å². The van der Waals surface area contributed by atoms with Crippen molar-refractivity contribution in [1.29, 1.82) is 5.26 Å². The number of fused-ring (bicyclic) bond motifs is 4. The number of benzene rings is 2. The number of rotatable bonds is 7. The Morgan fingerprint density at radius 3 is 2.42 bits per heavy atom. The molecule has 5 aromatic rings. The Balaban J connectivity index is 1.09. The van der Waals surface area contributed by atoms with Gasteiger partial charge in [0.1, 0.15) is 5.65 Å². The lowest BCUT2D eigenvalue weighted by molar-refractivity contribution is 0.0471. The highest BCUT2D eigenvalue weighted by Crippen LogP contribution is 2.40. The molecule has 2 saturated heterocycles. The fraction of sp³-hybridized carbons (Fsp3) is 0.378. The number of hydrogen-bond acceptors (Lipinski definition) is 6. The summed E-state index contributed by atoms with van der Waals surface area (Å²) in [5.41, 5.74) is 11.5. The fourth-order valence-corrected chi connectivity index (χ4v) is 8.47. The molecule has 11 heteroatoms. The molecule has 0 radical (unpaired) electrons. The van der Waals surface area contributed by atoms with Gasteiger partial charge in [-0.15, -0.1) is 0 Å². The van der Waals surface area contributed by atoms with Gasteiger partial charge in [-0.2, -0.15) is 5.26 Å². The Bertz CT molecular complexity index is 2150. The van der Waals surface area contributed by atoms with Gasteiger partial charge in [0.05, 0.1) is 33.4 Å². The minimum Gasteiger partial charge on any atom is -0.338 e. The molecule has 48 heavy (non-hydrogen) atoms. The van der Waals surface area contributed by atoms with Gasteiger partial charge in [-0.05, 0) is 92.1 Å². The van der Waals surface area contributed by atoms with Crippen LogP contribution in [0.15, 0.2) is 60.8 Å². The number of pyridine rings is 1. The maximum atomic E-state index is 13.8. The smallest absolute Gasteiger partial charge is 0.254 e. The summed E-state index contributed by atoms with van der Waals surface area (Å²) in [5.74, 6) is 1.86. The summed E-state index contributed by atoms with van der Waals surface area (Å²) >= 11 is 7.11. The predicted octanol–water partition coefficient (Wildman–Crippen LogP) is 5.32. The number of nitrogens with zero attached hydrogens (tertiary/aromatic N) is 7. The van der Waals surface area contributed by atoms with Crippen LogP contribution in [-0.4, -0.2) is 72.4 Å². The summed E-state index contributed by atoms with van der Waals surface area (Å²) in [6, 6.07) is 18.8. The summed E-state index contributed by atoms with van der Waals surface area (Å²) in [6.07, 6.45) is 6.25. The zero-order chi connectivity index (χ0) is 32.7. The maximum Gasteiger partial charge on any atom is 0.254 e. The van der Waals surface area contributed by atoms with Crippen LogP contribution in [-0.2, 0) is 13.1 Å². The largest absolute Gasteiger partial charge is 0.338 e. The van der Waals surface area contributed by atoms with E-state index in [9.17, 15) is 9.59 Å². The number of carbonyl (C=O) groups excluding carboxylic acids is 2. The summed E-state index contributed by atoms with van der Waals surface area (Å²) in [7, 11) is 0. The zero-order valence-corrected chi connectivity index (χ0v) is 27.2. The third kappa shape index (κ3) is 4.79. The summed E-state index contributed by atoms with van der Waals surface area (Å²) < 4.78 is 4.47. The van der Waals surface area contributed by atoms with Crippen molar-refractivity contribution in [2.45, 2.75) is 50.9 Å². The van der Waals surface area contributed by atoms with Gasteiger partial charge >= 0.3 is 0 Å². The second-order valence-electron chi connectivity index (χ2n) is 14.1. The van der Waals surface area contributed by atoms with Crippen molar-refractivity contribution in [1.82, 2.24) is 28.9 Å². The lowest BCUT2D eigenvalue weighted by atomic mass is 9.98. The van der Waals surface area contributed by atoms with E-state index in [2.05, 4.69) is 27.3 Å². The Kier molecular flexibility index (Phi) is 6.85. The molecule has 9 rings (SSSR count). The van der Waals surface area contributed by atoms with E-state index in [0.717, 1.165) is 47.5 Å². The van der Waals surface area contributed by atoms with E-state index in [4.69, 9.17) is 32.6 Å². The van der Waals surface area contributed by atoms with Crippen LogP contribution in [0.2, 0.25) is 5.02 Å². The van der Waals surface area contributed by atoms with E-state index in [0.29, 0.717) is 65.2 Å². The monoisotopic (exact) mass is 658 g/mol. The third-order valence-electron chi connectivity index (χ3n) is 10.9. The van der Waals surface area contributed by atoms with Crippen LogP contribution in [0.25, 0.3) is 33.6 Å². The molecule has 242 valence electrons. The van der Waals surface area contributed by atoms with Crippen LogP contribution in [0, 0.1) is 29.1 Å². The number of likely N-dealkylation sites (tertiary alicyclic amines) is 2. The Morgan fingerprint density at radius 2 is 1.71 bits per heavy atom. The minimum absolute atomic E-state index is 0.0341. The van der Waals surface area contributed by atoms with Gasteiger partial charge in [0, 0.05) is 73.4 Å². The normalized spacial score (nSPS) is 22.1. The average molecular weight is 659 g/mol. The first-order chi connectivity index (χ1) is 23.4. The van der Waals surface area contributed by atoms with Crippen molar-refractivity contribution in [3.63, 3.8) is 0 Å². The number of hydrogen-bond donors (Lipinski definition) is 1. The molecule has 4 fully saturated rings. The van der Waals surface area contributed by atoms with Crippen LogP contribution in [0.3, 0.4) is 0 Å². The molecule has 4 aliphatic rings. The lowest BCUT2D eigenvalue weighted by Crippen LogP contribution is -2.51. The Morgan fingerprint density at radius 1 is 0.917 bits per heavy atom. The first-order valence-electron chi connectivity index (χ1n) is 16.9. The van der Waals surface area contributed by atoms with E-state index in [1.807, 2.05) is 28.1 Å². The van der Waals surface area contributed by atoms with Crippen molar-refractivity contribution >= 4 is 45.5 Å². The highest BCUT2D eigenvalue weighted by atomic mass is 35.5. The number of amides is 2. The van der Waals surface area contributed by atoms with Crippen LogP contribution >= 0.6 is 11.6 Å². The quantitative estimate of drug-likeness (QED) is 0.252. The second-order valence-corrected chi connectivity index (χ2v) is 14.5. The molecule has 2 aliphatic heterocycles. The number of halogens is 1. The van der Waals surface area contributed by atoms with E-state index >= 15 is 0 Å². The van der Waals surface area contributed by atoms with Gasteiger partial charge < -0.3 is 24.7 Å². The van der Waals surface area contributed by atoms with Gasteiger partial charge in [0.15, 0.2) is 5.82 Å². The second kappa shape index (κ2) is 11.2. The molecule has 3 atom stereocenters. The summed E-state index contributed by atoms with van der Waals surface area (Å²) in [6.45, 7) is 3.35. The highest BCUT2D eigenvalue weighted by Gasteiger charge is 2.47. The molecule has 10 nitrogen and oxygen atoms in total. The zero-order valence-electron chi connectivity index (χ0n) is 26.4. The molecule has 2 saturated carbocycles. The standard InChI is InChI=1S/C37H35ClN8O2/c38-28-12-27(37(48)45-20-26-9-10-30(45)32(26)40)13-29-33(28)46(19-23-16-43(17-23)36(47)24-7-5-21(15-39)6-8-24)35(42-29)31-14-25-2-1-11-41-34(25)44(31)18-22-3-4-22/h1-2,5-8,11-14,22-23,26,30,32H,3-4,9-10,16-20,40H2/t26-,30-,32-/m1/s1. The van der Waals surface area contributed by atoms with Crippen molar-refractivity contribution in [2.75, 3.05) is 19.6 Å². The van der Waals surface area contributed by atoms with E-state index in [1.165, 1.54) is 12.8 Å². The minimum atomic E-state index is -0.0430. The first kappa shape index (κ1) is 29.4. The average Bonchev–Trinajstić information content (AvgIpc) is 3.43. The summed E-state index contributed by atoms with van der Waals surface area (Å²) in [4.78, 5) is 40.8. The summed E-state index contributed by atoms with van der Waals surface area (Å²) in [5, 5.41) is 10.7. The van der Waals surface area contributed by atoms with Crippen LogP contribution < -0.4 is 5.73 Å². The fourth-order valence-electron chi connectivity index (χ4n) is 8.16. The Labute approximate surface area is 282 Å². The topological polar surface area (TPSA) is 126 Å².